The monoisotopic (exact) mass is 235 g/mol. The Morgan fingerprint density at radius 2 is 1.82 bits per heavy atom. The molecule has 5 heteroatoms. The van der Waals surface area contributed by atoms with Gasteiger partial charge in [0.15, 0.2) is 0 Å². The Labute approximate surface area is 100 Å². The second-order valence-corrected chi connectivity index (χ2v) is 5.07. The van der Waals surface area contributed by atoms with Crippen LogP contribution < -0.4 is 0 Å². The predicted molar refractivity (Wildman–Crippen MR) is 62.5 cm³/mol. The molecule has 0 aromatic carbocycles. The molecule has 0 spiro atoms. The number of likely N-dealkylation sites (tertiary alicyclic amines) is 2. The van der Waals surface area contributed by atoms with E-state index in [4.69, 9.17) is 0 Å². The fourth-order valence-electron chi connectivity index (χ4n) is 3.06. The van der Waals surface area contributed by atoms with E-state index < -0.39 is 0 Å². The molecule has 92 valence electrons. The Balaban J connectivity index is 1.84. The van der Waals surface area contributed by atoms with E-state index in [1.54, 1.807) is 7.05 Å². The molecule has 0 N–H and O–H groups in total. The minimum atomic E-state index is -0.286. The van der Waals surface area contributed by atoms with Crippen LogP contribution in [0.4, 0.5) is 0 Å². The Hall–Kier alpha value is -1.39. The lowest BCUT2D eigenvalue weighted by molar-refractivity contribution is -0.137. The lowest BCUT2D eigenvalue weighted by atomic mass is 9.95. The smallest absolute Gasteiger partial charge is 0.240 e. The summed E-state index contributed by atoms with van der Waals surface area (Å²) in [6.07, 6.45) is 3.58. The molecule has 2 amide bonds. The molecule has 2 saturated heterocycles. The van der Waals surface area contributed by atoms with Crippen LogP contribution in [-0.2, 0) is 9.59 Å². The largest absolute Gasteiger partial charge is 0.360 e. The molecular formula is C12H17N3O2. The number of amidine groups is 1. The van der Waals surface area contributed by atoms with Crippen molar-refractivity contribution in [3.63, 3.8) is 0 Å². The summed E-state index contributed by atoms with van der Waals surface area (Å²) in [5.41, 5.74) is 0. The summed E-state index contributed by atoms with van der Waals surface area (Å²) in [5, 5.41) is 0. The Kier molecular flexibility index (Phi) is 2.42. The summed E-state index contributed by atoms with van der Waals surface area (Å²) in [6, 6.07) is 0. The maximum atomic E-state index is 12.0. The van der Waals surface area contributed by atoms with Crippen LogP contribution in [0.1, 0.15) is 19.3 Å². The maximum Gasteiger partial charge on any atom is 0.240 e. The third-order valence-electron chi connectivity index (χ3n) is 4.05. The van der Waals surface area contributed by atoms with Crippen LogP contribution >= 0.6 is 0 Å². The number of amides is 2. The van der Waals surface area contributed by atoms with Gasteiger partial charge in [-0.1, -0.05) is 0 Å². The highest BCUT2D eigenvalue weighted by Gasteiger charge is 2.52. The van der Waals surface area contributed by atoms with Gasteiger partial charge in [-0.3, -0.25) is 19.5 Å². The number of carbonyl (C=O) groups is 2. The molecule has 3 aliphatic rings. The van der Waals surface area contributed by atoms with Gasteiger partial charge >= 0.3 is 0 Å². The van der Waals surface area contributed by atoms with E-state index in [9.17, 15) is 9.59 Å². The zero-order valence-corrected chi connectivity index (χ0v) is 10.1. The second-order valence-electron chi connectivity index (χ2n) is 5.07. The average Bonchev–Trinajstić information content (AvgIpc) is 2.88. The third-order valence-corrected chi connectivity index (χ3v) is 4.05. The van der Waals surface area contributed by atoms with Crippen molar-refractivity contribution < 1.29 is 9.59 Å². The number of hydrogen-bond donors (Lipinski definition) is 0. The zero-order chi connectivity index (χ0) is 12.0. The van der Waals surface area contributed by atoms with E-state index in [1.807, 2.05) is 0 Å². The van der Waals surface area contributed by atoms with Crippen molar-refractivity contribution in [2.45, 2.75) is 19.3 Å². The Morgan fingerprint density at radius 1 is 1.12 bits per heavy atom. The number of carbonyl (C=O) groups excluding carboxylic acids is 2. The molecule has 0 aromatic rings. The minimum Gasteiger partial charge on any atom is -0.360 e. The van der Waals surface area contributed by atoms with E-state index in [-0.39, 0.29) is 23.7 Å². The molecule has 17 heavy (non-hydrogen) atoms. The number of piperidine rings is 1. The van der Waals surface area contributed by atoms with Gasteiger partial charge in [0.25, 0.3) is 0 Å². The van der Waals surface area contributed by atoms with Crippen molar-refractivity contribution in [1.82, 2.24) is 9.80 Å². The molecule has 3 heterocycles. The summed E-state index contributed by atoms with van der Waals surface area (Å²) in [7, 11) is 1.58. The Bertz CT molecular complexity index is 399. The fourth-order valence-corrected chi connectivity index (χ4v) is 3.06. The van der Waals surface area contributed by atoms with Crippen LogP contribution in [-0.4, -0.2) is 54.1 Å². The van der Waals surface area contributed by atoms with E-state index in [0.29, 0.717) is 6.54 Å². The molecule has 2 atom stereocenters. The molecule has 0 aromatic heterocycles. The first-order valence-corrected chi connectivity index (χ1v) is 6.31. The van der Waals surface area contributed by atoms with Crippen LogP contribution in [0.5, 0.6) is 0 Å². The molecule has 2 fully saturated rings. The molecule has 0 aliphatic carbocycles. The number of fused-ring (bicyclic) bond motifs is 1. The molecule has 0 bridgehead atoms. The minimum absolute atomic E-state index is 0.0595. The van der Waals surface area contributed by atoms with Gasteiger partial charge in [-0.25, -0.2) is 0 Å². The summed E-state index contributed by atoms with van der Waals surface area (Å²) >= 11 is 0. The molecule has 5 nitrogen and oxygen atoms in total. The number of nitrogens with zero attached hydrogens (tertiary/aromatic N) is 3. The van der Waals surface area contributed by atoms with Crippen LogP contribution in [0.3, 0.4) is 0 Å². The second kappa shape index (κ2) is 3.82. The summed E-state index contributed by atoms with van der Waals surface area (Å²) in [4.78, 5) is 31.8. The van der Waals surface area contributed by atoms with Gasteiger partial charge < -0.3 is 4.90 Å². The molecule has 3 aliphatic heterocycles. The van der Waals surface area contributed by atoms with Gasteiger partial charge in [-0.2, -0.15) is 0 Å². The van der Waals surface area contributed by atoms with Crippen LogP contribution in [0, 0.1) is 11.8 Å². The summed E-state index contributed by atoms with van der Waals surface area (Å²) < 4.78 is 0. The van der Waals surface area contributed by atoms with Gasteiger partial charge in [0, 0.05) is 20.1 Å². The van der Waals surface area contributed by atoms with E-state index in [1.165, 1.54) is 11.3 Å². The molecule has 0 saturated carbocycles. The summed E-state index contributed by atoms with van der Waals surface area (Å²) in [6.45, 7) is 2.45. The third kappa shape index (κ3) is 1.48. The SMILES string of the molecule is CN1C(=O)C2CN=C(N3CCCCC3)C2C1=O. The first kappa shape index (κ1) is 10.7. The van der Waals surface area contributed by atoms with Crippen molar-refractivity contribution in [2.75, 3.05) is 26.7 Å². The number of hydrogen-bond acceptors (Lipinski definition) is 4. The van der Waals surface area contributed by atoms with Gasteiger partial charge in [-0.15, -0.1) is 0 Å². The molecular weight excluding hydrogens is 218 g/mol. The standard InChI is InChI=1S/C12H17N3O2/c1-14-11(16)8-7-13-10(9(8)12(14)17)15-5-3-2-4-6-15/h8-9H,2-7H2,1H3. The normalized spacial score (nSPS) is 33.1. The van der Waals surface area contributed by atoms with Crippen LogP contribution in [0.25, 0.3) is 0 Å². The van der Waals surface area contributed by atoms with Crippen LogP contribution in [0.15, 0.2) is 4.99 Å². The van der Waals surface area contributed by atoms with E-state index >= 15 is 0 Å². The van der Waals surface area contributed by atoms with Crippen molar-refractivity contribution in [3.05, 3.63) is 0 Å². The highest BCUT2D eigenvalue weighted by atomic mass is 16.2. The van der Waals surface area contributed by atoms with Crippen molar-refractivity contribution in [3.8, 4) is 0 Å². The van der Waals surface area contributed by atoms with Crippen molar-refractivity contribution in [1.29, 1.82) is 0 Å². The highest BCUT2D eigenvalue weighted by Crippen LogP contribution is 2.33. The topological polar surface area (TPSA) is 53.0 Å². The highest BCUT2D eigenvalue weighted by molar-refractivity contribution is 6.17. The summed E-state index contributed by atoms with van der Waals surface area (Å²) in [5.74, 6) is 0.241. The van der Waals surface area contributed by atoms with Crippen molar-refractivity contribution >= 4 is 17.6 Å². The first-order chi connectivity index (χ1) is 8.20. The average molecular weight is 235 g/mol. The zero-order valence-electron chi connectivity index (χ0n) is 10.1. The fraction of sp³-hybridized carbons (Fsp3) is 0.750. The number of rotatable bonds is 0. The lowest BCUT2D eigenvalue weighted by Gasteiger charge is -2.30. The van der Waals surface area contributed by atoms with Crippen molar-refractivity contribution in [2.24, 2.45) is 16.8 Å². The molecule has 3 rings (SSSR count). The van der Waals surface area contributed by atoms with Gasteiger partial charge in [0.05, 0.1) is 12.5 Å². The maximum absolute atomic E-state index is 12.0. The van der Waals surface area contributed by atoms with Gasteiger partial charge in [0.1, 0.15) is 11.8 Å². The van der Waals surface area contributed by atoms with Crippen LogP contribution in [0.2, 0.25) is 0 Å². The first-order valence-electron chi connectivity index (χ1n) is 6.31. The van der Waals surface area contributed by atoms with Gasteiger partial charge in [-0.05, 0) is 19.3 Å². The quantitative estimate of drug-likeness (QED) is 0.560. The Morgan fingerprint density at radius 3 is 2.53 bits per heavy atom. The van der Waals surface area contributed by atoms with E-state index in [2.05, 4.69) is 9.89 Å². The number of imide groups is 1. The van der Waals surface area contributed by atoms with Gasteiger partial charge in [0.2, 0.25) is 11.8 Å². The molecule has 0 radical (unpaired) electrons. The molecule has 2 unspecified atom stereocenters. The number of aliphatic imine (C=N–C) groups is 1. The predicted octanol–water partition coefficient (Wildman–Crippen LogP) is 0.115. The lowest BCUT2D eigenvalue weighted by Crippen LogP contribution is -2.41. The van der Waals surface area contributed by atoms with E-state index in [0.717, 1.165) is 31.8 Å².